The molecule has 7 heteroatoms. The second kappa shape index (κ2) is 5.81. The summed E-state index contributed by atoms with van der Waals surface area (Å²) in [7, 11) is 0. The molecule has 0 spiro atoms. The van der Waals surface area contributed by atoms with Crippen LogP contribution in [0.3, 0.4) is 0 Å². The summed E-state index contributed by atoms with van der Waals surface area (Å²) in [6.07, 6.45) is 3.23. The Hall–Kier alpha value is -2.34. The molecule has 0 atom stereocenters. The largest absolute Gasteiger partial charge is 0.273 e. The van der Waals surface area contributed by atoms with E-state index in [4.69, 9.17) is 11.6 Å². The molecule has 3 rings (SSSR count). The Balaban J connectivity index is 1.74. The average molecular weight is 319 g/mol. The lowest BCUT2D eigenvalue weighted by molar-refractivity contribution is -0.123. The minimum absolute atomic E-state index is 0.0376. The standard InChI is InChI=1S/C15H15ClN4O2/c1-9-13(15(22)19-18-14(21)10-5-6-10)8-17-20(9)12-4-2-3-11(16)7-12/h2-4,7-8,10H,5-6H2,1H3,(H,18,21)(H,19,22). The first-order valence-electron chi connectivity index (χ1n) is 6.97. The lowest BCUT2D eigenvalue weighted by Gasteiger charge is -2.07. The van der Waals surface area contributed by atoms with Crippen LogP contribution in [0.5, 0.6) is 0 Å². The van der Waals surface area contributed by atoms with Crippen LogP contribution in [0.4, 0.5) is 0 Å². The van der Waals surface area contributed by atoms with Gasteiger partial charge in [-0.15, -0.1) is 0 Å². The van der Waals surface area contributed by atoms with Crippen LogP contribution < -0.4 is 10.9 Å². The van der Waals surface area contributed by atoms with Crippen LogP contribution in [0.25, 0.3) is 5.69 Å². The number of aromatic nitrogens is 2. The Kier molecular flexibility index (Phi) is 3.85. The molecule has 1 heterocycles. The maximum absolute atomic E-state index is 12.1. The Morgan fingerprint density at radius 3 is 2.77 bits per heavy atom. The number of carbonyl (C=O) groups is 2. The molecule has 6 nitrogen and oxygen atoms in total. The number of hydrogen-bond acceptors (Lipinski definition) is 3. The third kappa shape index (κ3) is 2.96. The molecular weight excluding hydrogens is 304 g/mol. The van der Waals surface area contributed by atoms with Crippen LogP contribution in [0.2, 0.25) is 5.02 Å². The number of benzene rings is 1. The van der Waals surface area contributed by atoms with Gasteiger partial charge in [-0.2, -0.15) is 5.10 Å². The van der Waals surface area contributed by atoms with Gasteiger partial charge in [-0.1, -0.05) is 17.7 Å². The van der Waals surface area contributed by atoms with Crippen molar-refractivity contribution in [2.45, 2.75) is 19.8 Å². The van der Waals surface area contributed by atoms with Gasteiger partial charge in [0.25, 0.3) is 5.91 Å². The molecule has 1 aliphatic rings. The Morgan fingerprint density at radius 1 is 1.32 bits per heavy atom. The fourth-order valence-electron chi connectivity index (χ4n) is 2.13. The minimum atomic E-state index is -0.389. The van der Waals surface area contributed by atoms with Crippen molar-refractivity contribution < 1.29 is 9.59 Å². The minimum Gasteiger partial charge on any atom is -0.273 e. The van der Waals surface area contributed by atoms with E-state index in [1.54, 1.807) is 23.7 Å². The molecule has 1 aliphatic carbocycles. The van der Waals surface area contributed by atoms with E-state index in [9.17, 15) is 9.59 Å². The zero-order valence-corrected chi connectivity index (χ0v) is 12.7. The fourth-order valence-corrected chi connectivity index (χ4v) is 2.32. The van der Waals surface area contributed by atoms with Gasteiger partial charge in [0.1, 0.15) is 0 Å². The van der Waals surface area contributed by atoms with Crippen molar-refractivity contribution in [3.8, 4) is 5.69 Å². The van der Waals surface area contributed by atoms with Gasteiger partial charge in [0.05, 0.1) is 23.1 Å². The van der Waals surface area contributed by atoms with E-state index in [0.717, 1.165) is 18.5 Å². The van der Waals surface area contributed by atoms with Crippen molar-refractivity contribution >= 4 is 23.4 Å². The van der Waals surface area contributed by atoms with E-state index in [-0.39, 0.29) is 17.7 Å². The van der Waals surface area contributed by atoms with E-state index in [1.807, 2.05) is 12.1 Å². The highest BCUT2D eigenvalue weighted by Gasteiger charge is 2.30. The third-order valence-electron chi connectivity index (χ3n) is 3.55. The molecule has 2 N–H and O–H groups in total. The van der Waals surface area contributed by atoms with Crippen LogP contribution in [-0.2, 0) is 4.79 Å². The molecule has 2 amide bonds. The average Bonchev–Trinajstić information content (AvgIpc) is 3.27. The van der Waals surface area contributed by atoms with Crippen molar-refractivity contribution in [3.05, 3.63) is 46.7 Å². The highest BCUT2D eigenvalue weighted by atomic mass is 35.5. The number of amides is 2. The van der Waals surface area contributed by atoms with Crippen molar-refractivity contribution in [1.29, 1.82) is 0 Å². The number of carbonyl (C=O) groups excluding carboxylic acids is 2. The smallest absolute Gasteiger partial charge is 0.273 e. The van der Waals surface area contributed by atoms with Crippen LogP contribution in [0, 0.1) is 12.8 Å². The molecular formula is C15H15ClN4O2. The van der Waals surface area contributed by atoms with Crippen molar-refractivity contribution in [2.75, 3.05) is 0 Å². The number of hydrazine groups is 1. The maximum atomic E-state index is 12.1. The summed E-state index contributed by atoms with van der Waals surface area (Å²) in [5.41, 5.74) is 6.69. The SMILES string of the molecule is Cc1c(C(=O)NNC(=O)C2CC2)cnn1-c1cccc(Cl)c1. The van der Waals surface area contributed by atoms with E-state index in [0.29, 0.717) is 16.3 Å². The first-order chi connectivity index (χ1) is 10.6. The monoisotopic (exact) mass is 318 g/mol. The highest BCUT2D eigenvalue weighted by Crippen LogP contribution is 2.28. The molecule has 2 aromatic rings. The van der Waals surface area contributed by atoms with E-state index >= 15 is 0 Å². The fraction of sp³-hybridized carbons (Fsp3) is 0.267. The van der Waals surface area contributed by atoms with E-state index < -0.39 is 0 Å². The van der Waals surface area contributed by atoms with Gasteiger partial charge >= 0.3 is 0 Å². The van der Waals surface area contributed by atoms with Gasteiger partial charge < -0.3 is 0 Å². The first kappa shape index (κ1) is 14.6. The Bertz CT molecular complexity index is 737. The van der Waals surface area contributed by atoms with Gasteiger partial charge in [0.15, 0.2) is 0 Å². The van der Waals surface area contributed by atoms with Gasteiger partial charge in [0, 0.05) is 10.9 Å². The van der Waals surface area contributed by atoms with Crippen molar-refractivity contribution in [3.63, 3.8) is 0 Å². The summed E-state index contributed by atoms with van der Waals surface area (Å²) >= 11 is 5.97. The topological polar surface area (TPSA) is 76.0 Å². The number of halogens is 1. The van der Waals surface area contributed by atoms with Crippen LogP contribution >= 0.6 is 11.6 Å². The third-order valence-corrected chi connectivity index (χ3v) is 3.79. The summed E-state index contributed by atoms with van der Waals surface area (Å²) in [4.78, 5) is 23.6. The summed E-state index contributed by atoms with van der Waals surface area (Å²) in [5, 5.41) is 4.80. The molecule has 1 fully saturated rings. The summed E-state index contributed by atoms with van der Waals surface area (Å²) in [5.74, 6) is -0.497. The van der Waals surface area contributed by atoms with Crippen LogP contribution in [0.15, 0.2) is 30.5 Å². The highest BCUT2D eigenvalue weighted by molar-refractivity contribution is 6.30. The second-order valence-corrected chi connectivity index (χ2v) is 5.69. The van der Waals surface area contributed by atoms with Crippen molar-refractivity contribution in [1.82, 2.24) is 20.6 Å². The van der Waals surface area contributed by atoms with Crippen molar-refractivity contribution in [2.24, 2.45) is 5.92 Å². The Labute approximate surface area is 132 Å². The summed E-state index contributed by atoms with van der Waals surface area (Å²) in [6, 6.07) is 7.19. The second-order valence-electron chi connectivity index (χ2n) is 5.25. The number of nitrogens with zero attached hydrogens (tertiary/aromatic N) is 2. The molecule has 0 aliphatic heterocycles. The molecule has 1 saturated carbocycles. The molecule has 0 radical (unpaired) electrons. The zero-order chi connectivity index (χ0) is 15.7. The molecule has 0 bridgehead atoms. The summed E-state index contributed by atoms with van der Waals surface area (Å²) in [6.45, 7) is 1.78. The number of nitrogens with one attached hydrogen (secondary N) is 2. The maximum Gasteiger partial charge on any atom is 0.273 e. The predicted molar refractivity (Wildman–Crippen MR) is 81.6 cm³/mol. The van der Waals surface area contributed by atoms with E-state index in [1.165, 1.54) is 6.20 Å². The predicted octanol–water partition coefficient (Wildman–Crippen LogP) is 2.01. The number of rotatable bonds is 3. The summed E-state index contributed by atoms with van der Waals surface area (Å²) < 4.78 is 1.63. The lowest BCUT2D eigenvalue weighted by Crippen LogP contribution is -2.42. The van der Waals surface area contributed by atoms with Gasteiger partial charge in [-0.05, 0) is 38.0 Å². The molecule has 1 aromatic carbocycles. The quantitative estimate of drug-likeness (QED) is 0.850. The molecule has 0 unspecified atom stereocenters. The van der Waals surface area contributed by atoms with E-state index in [2.05, 4.69) is 16.0 Å². The first-order valence-corrected chi connectivity index (χ1v) is 7.35. The number of hydrogen-bond donors (Lipinski definition) is 2. The van der Waals surface area contributed by atoms with Gasteiger partial charge in [0.2, 0.25) is 5.91 Å². The molecule has 0 saturated heterocycles. The Morgan fingerprint density at radius 2 is 2.09 bits per heavy atom. The molecule has 114 valence electrons. The van der Waals surface area contributed by atoms with Crippen LogP contribution in [-0.4, -0.2) is 21.6 Å². The molecule has 22 heavy (non-hydrogen) atoms. The van der Waals surface area contributed by atoms with Gasteiger partial charge in [-0.25, -0.2) is 4.68 Å². The zero-order valence-electron chi connectivity index (χ0n) is 12.0. The lowest BCUT2D eigenvalue weighted by atomic mass is 10.2. The normalized spacial score (nSPS) is 13.7. The van der Waals surface area contributed by atoms with Crippen LogP contribution in [0.1, 0.15) is 28.9 Å². The molecule has 1 aromatic heterocycles. The van der Waals surface area contributed by atoms with Gasteiger partial charge in [-0.3, -0.25) is 20.4 Å².